The van der Waals surface area contributed by atoms with Gasteiger partial charge in [0.1, 0.15) is 11.4 Å². The first-order chi connectivity index (χ1) is 9.35. The van der Waals surface area contributed by atoms with E-state index in [1.165, 1.54) is 0 Å². The minimum absolute atomic E-state index is 0.0147. The Morgan fingerprint density at radius 2 is 2.00 bits per heavy atom. The average Bonchev–Trinajstić information content (AvgIpc) is 2.38. The van der Waals surface area contributed by atoms with Crippen LogP contribution in [-0.2, 0) is 9.53 Å². The zero-order chi connectivity index (χ0) is 14.8. The molecule has 0 amide bonds. The van der Waals surface area contributed by atoms with Gasteiger partial charge >= 0.3 is 5.97 Å². The van der Waals surface area contributed by atoms with Crippen molar-refractivity contribution in [3.63, 3.8) is 0 Å². The molecule has 0 unspecified atom stereocenters. The van der Waals surface area contributed by atoms with E-state index in [-0.39, 0.29) is 11.9 Å². The molecule has 1 aromatic rings. The van der Waals surface area contributed by atoms with Gasteiger partial charge in [-0.3, -0.25) is 4.79 Å². The molecule has 1 aromatic heterocycles. The molecule has 1 aliphatic rings. The van der Waals surface area contributed by atoms with E-state index in [0.29, 0.717) is 0 Å². The van der Waals surface area contributed by atoms with Crippen LogP contribution in [-0.4, -0.2) is 29.6 Å². The van der Waals surface area contributed by atoms with Crippen molar-refractivity contribution >= 4 is 27.7 Å². The Balaban J connectivity index is 1.89. The molecule has 0 radical (unpaired) electrons. The third kappa shape index (κ3) is 4.20. The summed E-state index contributed by atoms with van der Waals surface area (Å²) in [6, 6.07) is 3.99. The number of aromatic nitrogens is 1. The van der Waals surface area contributed by atoms with Gasteiger partial charge in [0.05, 0.1) is 5.92 Å². The lowest BCUT2D eigenvalue weighted by molar-refractivity contribution is -0.160. The first kappa shape index (κ1) is 15.3. The zero-order valence-corrected chi connectivity index (χ0v) is 13.8. The predicted octanol–water partition coefficient (Wildman–Crippen LogP) is 3.40. The molecular weight excluding hydrogens is 320 g/mol. The number of hydrogen-bond donors (Lipinski definition) is 0. The molecule has 0 aromatic carbocycles. The lowest BCUT2D eigenvalue weighted by Crippen LogP contribution is -2.39. The quantitative estimate of drug-likeness (QED) is 0.774. The Kier molecular flexibility index (Phi) is 4.68. The monoisotopic (exact) mass is 340 g/mol. The summed E-state index contributed by atoms with van der Waals surface area (Å²) >= 11 is 3.38. The number of pyridine rings is 1. The summed E-state index contributed by atoms with van der Waals surface area (Å²) in [6.07, 6.45) is 3.45. The second-order valence-electron chi connectivity index (χ2n) is 6.13. The Bertz CT molecular complexity index is 460. The SMILES string of the molecule is CC(C)(C)OC(=O)C1CCN(c2ccc(Br)cn2)CC1. The maximum absolute atomic E-state index is 12.0. The summed E-state index contributed by atoms with van der Waals surface area (Å²) < 4.78 is 6.43. The smallest absolute Gasteiger partial charge is 0.309 e. The summed E-state index contributed by atoms with van der Waals surface area (Å²) in [5.41, 5.74) is -0.401. The maximum Gasteiger partial charge on any atom is 0.309 e. The molecule has 1 saturated heterocycles. The molecule has 0 aliphatic carbocycles. The van der Waals surface area contributed by atoms with Crippen molar-refractivity contribution in [3.8, 4) is 0 Å². The van der Waals surface area contributed by atoms with Crippen molar-refractivity contribution < 1.29 is 9.53 Å². The van der Waals surface area contributed by atoms with Gasteiger partial charge in [-0.2, -0.15) is 0 Å². The number of nitrogens with zero attached hydrogens (tertiary/aromatic N) is 2. The average molecular weight is 341 g/mol. The second-order valence-corrected chi connectivity index (χ2v) is 7.05. The molecule has 0 bridgehead atoms. The minimum atomic E-state index is -0.401. The number of esters is 1. The molecule has 4 nitrogen and oxygen atoms in total. The van der Waals surface area contributed by atoms with Crippen LogP contribution in [0.3, 0.4) is 0 Å². The van der Waals surface area contributed by atoms with Gasteiger partial charge in [0.15, 0.2) is 0 Å². The summed E-state index contributed by atoms with van der Waals surface area (Å²) in [5.74, 6) is 0.915. The predicted molar refractivity (Wildman–Crippen MR) is 82.7 cm³/mol. The van der Waals surface area contributed by atoms with Crippen molar-refractivity contribution in [3.05, 3.63) is 22.8 Å². The standard InChI is InChI=1S/C15H21BrN2O2/c1-15(2,3)20-14(19)11-6-8-18(9-7-11)13-5-4-12(16)10-17-13/h4-5,10-11H,6-9H2,1-3H3. The highest BCUT2D eigenvalue weighted by atomic mass is 79.9. The lowest BCUT2D eigenvalue weighted by Gasteiger charge is -2.33. The van der Waals surface area contributed by atoms with Gasteiger partial charge in [0, 0.05) is 23.8 Å². The summed E-state index contributed by atoms with van der Waals surface area (Å²) in [7, 11) is 0. The number of carbonyl (C=O) groups is 1. The molecule has 0 N–H and O–H groups in total. The van der Waals surface area contributed by atoms with Crippen LogP contribution in [0.15, 0.2) is 22.8 Å². The highest BCUT2D eigenvalue weighted by Crippen LogP contribution is 2.25. The molecule has 0 spiro atoms. The number of ether oxygens (including phenoxy) is 1. The first-order valence-electron chi connectivity index (χ1n) is 6.94. The van der Waals surface area contributed by atoms with Gasteiger partial charge in [-0.1, -0.05) is 0 Å². The van der Waals surface area contributed by atoms with E-state index >= 15 is 0 Å². The fourth-order valence-corrected chi connectivity index (χ4v) is 2.52. The van der Waals surface area contributed by atoms with E-state index in [1.54, 1.807) is 6.20 Å². The Morgan fingerprint density at radius 3 is 2.50 bits per heavy atom. The molecule has 110 valence electrons. The number of anilines is 1. The van der Waals surface area contributed by atoms with E-state index < -0.39 is 5.60 Å². The number of piperidine rings is 1. The van der Waals surface area contributed by atoms with Crippen molar-refractivity contribution in [2.45, 2.75) is 39.2 Å². The molecule has 20 heavy (non-hydrogen) atoms. The van der Waals surface area contributed by atoms with Gasteiger partial charge in [-0.05, 0) is 61.7 Å². The third-order valence-corrected chi connectivity index (χ3v) is 3.74. The number of rotatable bonds is 2. The largest absolute Gasteiger partial charge is 0.460 e. The molecule has 2 heterocycles. The fraction of sp³-hybridized carbons (Fsp3) is 0.600. The van der Waals surface area contributed by atoms with Crippen LogP contribution in [0.5, 0.6) is 0 Å². The van der Waals surface area contributed by atoms with E-state index in [9.17, 15) is 4.79 Å². The van der Waals surface area contributed by atoms with Crippen LogP contribution in [0.2, 0.25) is 0 Å². The lowest BCUT2D eigenvalue weighted by atomic mass is 9.96. The van der Waals surface area contributed by atoms with Crippen LogP contribution in [0.25, 0.3) is 0 Å². The Hall–Kier alpha value is -1.10. The van der Waals surface area contributed by atoms with Crippen LogP contribution in [0.1, 0.15) is 33.6 Å². The molecule has 1 aliphatic heterocycles. The normalized spacial score (nSPS) is 17.1. The van der Waals surface area contributed by atoms with Crippen LogP contribution < -0.4 is 4.90 Å². The molecular formula is C15H21BrN2O2. The molecule has 1 fully saturated rings. The van der Waals surface area contributed by atoms with E-state index in [0.717, 1.165) is 36.2 Å². The molecule has 0 saturated carbocycles. The second kappa shape index (κ2) is 6.12. The number of carbonyl (C=O) groups excluding carboxylic acids is 1. The van der Waals surface area contributed by atoms with Crippen LogP contribution >= 0.6 is 15.9 Å². The van der Waals surface area contributed by atoms with Gasteiger partial charge in [-0.25, -0.2) is 4.98 Å². The highest BCUT2D eigenvalue weighted by Gasteiger charge is 2.29. The minimum Gasteiger partial charge on any atom is -0.460 e. The van der Waals surface area contributed by atoms with Crippen molar-refractivity contribution in [2.24, 2.45) is 5.92 Å². The van der Waals surface area contributed by atoms with Crippen LogP contribution in [0.4, 0.5) is 5.82 Å². The van der Waals surface area contributed by atoms with Crippen molar-refractivity contribution in [1.29, 1.82) is 0 Å². The first-order valence-corrected chi connectivity index (χ1v) is 7.74. The van der Waals surface area contributed by atoms with E-state index in [2.05, 4.69) is 25.8 Å². The van der Waals surface area contributed by atoms with Gasteiger partial charge in [-0.15, -0.1) is 0 Å². The zero-order valence-electron chi connectivity index (χ0n) is 12.2. The molecule has 0 atom stereocenters. The van der Waals surface area contributed by atoms with Gasteiger partial charge in [0.25, 0.3) is 0 Å². The molecule has 5 heteroatoms. The van der Waals surface area contributed by atoms with E-state index in [4.69, 9.17) is 4.74 Å². The topological polar surface area (TPSA) is 42.4 Å². The number of hydrogen-bond acceptors (Lipinski definition) is 4. The van der Waals surface area contributed by atoms with Crippen molar-refractivity contribution in [1.82, 2.24) is 4.98 Å². The Morgan fingerprint density at radius 1 is 1.35 bits per heavy atom. The van der Waals surface area contributed by atoms with E-state index in [1.807, 2.05) is 32.9 Å². The summed E-state index contributed by atoms with van der Waals surface area (Å²) in [6.45, 7) is 7.42. The summed E-state index contributed by atoms with van der Waals surface area (Å²) in [5, 5.41) is 0. The van der Waals surface area contributed by atoms with Gasteiger partial charge < -0.3 is 9.64 Å². The third-order valence-electron chi connectivity index (χ3n) is 3.27. The highest BCUT2D eigenvalue weighted by molar-refractivity contribution is 9.10. The summed E-state index contributed by atoms with van der Waals surface area (Å²) in [4.78, 5) is 18.6. The Labute approximate surface area is 128 Å². The number of halogens is 1. The fourth-order valence-electron chi connectivity index (χ4n) is 2.28. The van der Waals surface area contributed by atoms with Gasteiger partial charge in [0.2, 0.25) is 0 Å². The van der Waals surface area contributed by atoms with Crippen molar-refractivity contribution in [2.75, 3.05) is 18.0 Å². The molecule has 2 rings (SSSR count). The van der Waals surface area contributed by atoms with Crippen LogP contribution in [0, 0.1) is 5.92 Å². The maximum atomic E-state index is 12.0.